The monoisotopic (exact) mass is 761 g/mol. The lowest BCUT2D eigenvalue weighted by Crippen LogP contribution is -2.10. The van der Waals surface area contributed by atoms with E-state index in [1.165, 1.54) is 90.5 Å². The van der Waals surface area contributed by atoms with Gasteiger partial charge < -0.3 is 4.90 Å². The van der Waals surface area contributed by atoms with E-state index in [0.29, 0.717) is 0 Å². The molecule has 2 aromatic heterocycles. The van der Waals surface area contributed by atoms with Crippen molar-refractivity contribution in [1.82, 2.24) is 0 Å². The first-order valence-electron chi connectivity index (χ1n) is 19.3. The zero-order valence-electron chi connectivity index (χ0n) is 31.0. The van der Waals surface area contributed by atoms with Crippen molar-refractivity contribution in [2.45, 2.75) is 0 Å². The van der Waals surface area contributed by atoms with Crippen LogP contribution in [-0.4, -0.2) is 0 Å². The molecule has 11 rings (SSSR count). The Morgan fingerprint density at radius 1 is 0.298 bits per heavy atom. The van der Waals surface area contributed by atoms with Crippen molar-refractivity contribution in [1.29, 1.82) is 0 Å². The third-order valence-electron chi connectivity index (χ3n) is 11.1. The zero-order chi connectivity index (χ0) is 37.7. The Labute approximate surface area is 340 Å². The molecule has 0 saturated heterocycles. The summed E-state index contributed by atoms with van der Waals surface area (Å²) in [6, 6.07) is 77.6. The number of fused-ring (bicyclic) bond motifs is 6. The highest BCUT2D eigenvalue weighted by Gasteiger charge is 2.22. The molecule has 0 radical (unpaired) electrons. The Morgan fingerprint density at radius 2 is 0.772 bits per heavy atom. The lowest BCUT2D eigenvalue weighted by molar-refractivity contribution is 1.31. The normalized spacial score (nSPS) is 11.5. The zero-order valence-corrected chi connectivity index (χ0v) is 32.6. The summed E-state index contributed by atoms with van der Waals surface area (Å²) in [5, 5.41) is 5.12. The number of rotatable bonds is 7. The van der Waals surface area contributed by atoms with Crippen LogP contribution in [0.5, 0.6) is 0 Å². The molecule has 0 atom stereocenters. The fraction of sp³-hybridized carbons (Fsp3) is 0. The van der Waals surface area contributed by atoms with Gasteiger partial charge in [-0.2, -0.15) is 0 Å². The Morgan fingerprint density at radius 3 is 1.39 bits per heavy atom. The van der Waals surface area contributed by atoms with Crippen molar-refractivity contribution >= 4 is 80.1 Å². The molecular weight excluding hydrogens is 727 g/mol. The molecule has 1 nitrogen and oxygen atoms in total. The topological polar surface area (TPSA) is 3.24 Å². The quantitative estimate of drug-likeness (QED) is 0.156. The molecule has 0 bridgehead atoms. The molecular formula is C54H35NS2. The Bertz CT molecular complexity index is 3220. The standard InChI is InChI=1S/C54H35NS2/c1-5-14-36(15-6-1)40-22-13-23-43(32-40)55(44-26-29-47-46-27-24-41(37-16-7-2-8-17-37)33-50(46)56-52(47)35-44)49-31-30-45(39-20-11-4-12-21-39)54-53(49)48-28-25-42(34-51(48)57-54)38-18-9-3-10-19-38/h1-35H. The molecule has 0 N–H and O–H groups in total. The third-order valence-corrected chi connectivity index (χ3v) is 13.4. The van der Waals surface area contributed by atoms with Gasteiger partial charge in [0, 0.05) is 51.7 Å². The highest BCUT2D eigenvalue weighted by molar-refractivity contribution is 7.26. The van der Waals surface area contributed by atoms with E-state index in [4.69, 9.17) is 0 Å². The molecule has 0 amide bonds. The number of hydrogen-bond donors (Lipinski definition) is 0. The van der Waals surface area contributed by atoms with Gasteiger partial charge in [-0.25, -0.2) is 0 Å². The summed E-state index contributed by atoms with van der Waals surface area (Å²) in [6.07, 6.45) is 0. The third kappa shape index (κ3) is 6.00. The first-order valence-corrected chi connectivity index (χ1v) is 21.0. The van der Waals surface area contributed by atoms with Gasteiger partial charge in [-0.05, 0) is 87.0 Å². The van der Waals surface area contributed by atoms with E-state index in [9.17, 15) is 0 Å². The summed E-state index contributed by atoms with van der Waals surface area (Å²) < 4.78 is 5.15. The average Bonchev–Trinajstić information content (AvgIpc) is 3.86. The number of thiophene rings is 2. The maximum Gasteiger partial charge on any atom is 0.0555 e. The van der Waals surface area contributed by atoms with Crippen LogP contribution < -0.4 is 4.90 Å². The van der Waals surface area contributed by atoms with Crippen molar-refractivity contribution in [3.8, 4) is 44.5 Å². The van der Waals surface area contributed by atoms with Crippen molar-refractivity contribution in [2.24, 2.45) is 0 Å². The van der Waals surface area contributed by atoms with Gasteiger partial charge in [0.25, 0.3) is 0 Å². The van der Waals surface area contributed by atoms with Crippen molar-refractivity contribution in [2.75, 3.05) is 4.90 Å². The number of anilines is 3. The predicted molar refractivity (Wildman–Crippen MR) is 249 cm³/mol. The number of nitrogens with zero attached hydrogens (tertiary/aromatic N) is 1. The van der Waals surface area contributed by atoms with Gasteiger partial charge in [0.05, 0.1) is 5.69 Å². The van der Waals surface area contributed by atoms with Gasteiger partial charge in [0.15, 0.2) is 0 Å². The molecule has 9 aromatic carbocycles. The molecule has 0 unspecified atom stereocenters. The Kier molecular flexibility index (Phi) is 8.28. The SMILES string of the molecule is c1ccc(-c2cccc(N(c3ccc4c(c3)sc3cc(-c5ccccc5)ccc34)c3ccc(-c4ccccc4)c4sc5cc(-c6ccccc6)ccc5c34)c2)cc1. The minimum Gasteiger partial charge on any atom is -0.310 e. The number of benzene rings is 9. The minimum atomic E-state index is 1.12. The van der Waals surface area contributed by atoms with Crippen LogP contribution in [0.15, 0.2) is 212 Å². The molecule has 0 aliphatic rings. The fourth-order valence-electron chi connectivity index (χ4n) is 8.30. The summed E-state index contributed by atoms with van der Waals surface area (Å²) >= 11 is 3.77. The van der Waals surface area contributed by atoms with E-state index >= 15 is 0 Å². The number of hydrogen-bond acceptors (Lipinski definition) is 3. The molecule has 3 heteroatoms. The summed E-state index contributed by atoms with van der Waals surface area (Å²) in [4.78, 5) is 2.49. The van der Waals surface area contributed by atoms with Gasteiger partial charge in [-0.1, -0.05) is 170 Å². The van der Waals surface area contributed by atoms with Crippen molar-refractivity contribution in [3.05, 3.63) is 212 Å². The molecule has 11 aromatic rings. The molecule has 0 aliphatic heterocycles. The second-order valence-electron chi connectivity index (χ2n) is 14.5. The van der Waals surface area contributed by atoms with Crippen molar-refractivity contribution in [3.63, 3.8) is 0 Å². The van der Waals surface area contributed by atoms with Gasteiger partial charge >= 0.3 is 0 Å². The molecule has 57 heavy (non-hydrogen) atoms. The molecule has 0 fully saturated rings. The molecule has 268 valence electrons. The van der Waals surface area contributed by atoms with Crippen LogP contribution in [0.4, 0.5) is 17.1 Å². The summed E-state index contributed by atoms with van der Waals surface area (Å²) in [7, 11) is 0. The second-order valence-corrected chi connectivity index (χ2v) is 16.6. The highest BCUT2D eigenvalue weighted by atomic mass is 32.1. The second kappa shape index (κ2) is 14.1. The van der Waals surface area contributed by atoms with E-state index in [-0.39, 0.29) is 0 Å². The smallest absolute Gasteiger partial charge is 0.0555 e. The van der Waals surface area contributed by atoms with Crippen LogP contribution in [0.1, 0.15) is 0 Å². The van der Waals surface area contributed by atoms with Crippen LogP contribution in [0.2, 0.25) is 0 Å². The van der Waals surface area contributed by atoms with Gasteiger partial charge in [-0.3, -0.25) is 0 Å². The van der Waals surface area contributed by atoms with E-state index in [1.54, 1.807) is 0 Å². The largest absolute Gasteiger partial charge is 0.310 e. The summed E-state index contributed by atoms with van der Waals surface area (Å²) in [5.41, 5.74) is 13.2. The van der Waals surface area contributed by atoms with E-state index in [1.807, 2.05) is 22.7 Å². The van der Waals surface area contributed by atoms with Gasteiger partial charge in [0.1, 0.15) is 0 Å². The van der Waals surface area contributed by atoms with E-state index in [0.717, 1.165) is 11.4 Å². The lowest BCUT2D eigenvalue weighted by atomic mass is 9.98. The van der Waals surface area contributed by atoms with Crippen LogP contribution in [0.3, 0.4) is 0 Å². The van der Waals surface area contributed by atoms with Crippen molar-refractivity contribution < 1.29 is 0 Å². The summed E-state index contributed by atoms with van der Waals surface area (Å²) in [5.74, 6) is 0. The Balaban J connectivity index is 1.16. The Hall–Kier alpha value is -6.78. The van der Waals surface area contributed by atoms with Gasteiger partial charge in [0.2, 0.25) is 0 Å². The minimum absolute atomic E-state index is 1.12. The van der Waals surface area contributed by atoms with Gasteiger partial charge in [-0.15, -0.1) is 22.7 Å². The molecule has 0 aliphatic carbocycles. The van der Waals surface area contributed by atoms with Crippen LogP contribution in [0.25, 0.3) is 84.9 Å². The van der Waals surface area contributed by atoms with E-state index in [2.05, 4.69) is 217 Å². The fourth-order valence-corrected chi connectivity index (χ4v) is 10.8. The molecule has 0 spiro atoms. The van der Waals surface area contributed by atoms with Crippen LogP contribution in [0, 0.1) is 0 Å². The molecule has 0 saturated carbocycles. The van der Waals surface area contributed by atoms with E-state index < -0.39 is 0 Å². The lowest BCUT2D eigenvalue weighted by Gasteiger charge is -2.27. The molecule has 2 heterocycles. The maximum absolute atomic E-state index is 2.49. The van der Waals surface area contributed by atoms with Crippen LogP contribution >= 0.6 is 22.7 Å². The predicted octanol–water partition coefficient (Wildman–Crippen LogP) is 16.6. The first kappa shape index (κ1) is 33.5. The van der Waals surface area contributed by atoms with Crippen LogP contribution in [-0.2, 0) is 0 Å². The first-order chi connectivity index (χ1) is 28.2. The summed E-state index contributed by atoms with van der Waals surface area (Å²) in [6.45, 7) is 0. The highest BCUT2D eigenvalue weighted by Crippen LogP contribution is 2.50. The maximum atomic E-state index is 2.49. The average molecular weight is 762 g/mol.